The molecule has 0 aromatic heterocycles. The lowest BCUT2D eigenvalue weighted by atomic mass is 10.2. The van der Waals surface area contributed by atoms with E-state index in [0.29, 0.717) is 6.61 Å². The first kappa shape index (κ1) is 8.75. The SMILES string of the molecule is COCC1=CCC(Br)=CC=C1. The van der Waals surface area contributed by atoms with Gasteiger partial charge in [-0.25, -0.2) is 0 Å². The van der Waals surface area contributed by atoms with Crippen LogP contribution in [0, 0.1) is 0 Å². The lowest BCUT2D eigenvalue weighted by molar-refractivity contribution is 0.228. The Morgan fingerprint density at radius 3 is 3.18 bits per heavy atom. The zero-order chi connectivity index (χ0) is 8.10. The molecule has 0 atom stereocenters. The topological polar surface area (TPSA) is 9.23 Å². The van der Waals surface area contributed by atoms with E-state index >= 15 is 0 Å². The van der Waals surface area contributed by atoms with Gasteiger partial charge in [-0.15, -0.1) is 0 Å². The highest BCUT2D eigenvalue weighted by Gasteiger charge is 1.95. The van der Waals surface area contributed by atoms with Crippen molar-refractivity contribution in [3.63, 3.8) is 0 Å². The van der Waals surface area contributed by atoms with Gasteiger partial charge in [0.15, 0.2) is 0 Å². The standard InChI is InChI=1S/C9H11BrO/c1-11-7-8-3-2-4-9(10)6-5-8/h2-5H,6-7H2,1H3. The molecule has 0 aliphatic heterocycles. The number of ether oxygens (including phenoxy) is 1. The van der Waals surface area contributed by atoms with E-state index in [9.17, 15) is 0 Å². The van der Waals surface area contributed by atoms with Crippen LogP contribution >= 0.6 is 15.9 Å². The molecular formula is C9H11BrO. The largest absolute Gasteiger partial charge is 0.380 e. The second-order valence-corrected chi connectivity index (χ2v) is 3.41. The van der Waals surface area contributed by atoms with Crippen LogP contribution in [0.5, 0.6) is 0 Å². The van der Waals surface area contributed by atoms with Crippen molar-refractivity contribution < 1.29 is 4.74 Å². The number of rotatable bonds is 2. The minimum absolute atomic E-state index is 0.699. The number of halogens is 1. The van der Waals surface area contributed by atoms with Gasteiger partial charge in [-0.2, -0.15) is 0 Å². The van der Waals surface area contributed by atoms with Crippen LogP contribution in [0.15, 0.2) is 34.4 Å². The third-order valence-electron chi connectivity index (χ3n) is 1.46. The average Bonchev–Trinajstić information content (AvgIpc) is 2.17. The van der Waals surface area contributed by atoms with Crippen molar-refractivity contribution in [3.05, 3.63) is 34.4 Å². The Bertz CT molecular complexity index is 214. The van der Waals surface area contributed by atoms with Crippen molar-refractivity contribution in [2.45, 2.75) is 6.42 Å². The van der Waals surface area contributed by atoms with Gasteiger partial charge in [0.05, 0.1) is 6.61 Å². The second kappa shape index (κ2) is 4.52. The molecule has 60 valence electrons. The Labute approximate surface area is 75.6 Å². The van der Waals surface area contributed by atoms with Crippen molar-refractivity contribution in [1.29, 1.82) is 0 Å². The molecule has 11 heavy (non-hydrogen) atoms. The summed E-state index contributed by atoms with van der Waals surface area (Å²) in [5.74, 6) is 0. The Hall–Kier alpha value is -0.340. The average molecular weight is 215 g/mol. The molecule has 0 bridgehead atoms. The molecule has 0 spiro atoms. The first-order chi connectivity index (χ1) is 5.33. The molecule has 1 aliphatic rings. The highest BCUT2D eigenvalue weighted by molar-refractivity contribution is 9.11. The zero-order valence-electron chi connectivity index (χ0n) is 6.51. The number of hydrogen-bond donors (Lipinski definition) is 0. The molecule has 0 fully saturated rings. The molecule has 0 saturated heterocycles. The predicted molar refractivity (Wildman–Crippen MR) is 50.7 cm³/mol. The summed E-state index contributed by atoms with van der Waals surface area (Å²) in [5, 5.41) is 0. The summed E-state index contributed by atoms with van der Waals surface area (Å²) < 4.78 is 6.22. The number of methoxy groups -OCH3 is 1. The van der Waals surface area contributed by atoms with Gasteiger partial charge in [0.2, 0.25) is 0 Å². The summed E-state index contributed by atoms with van der Waals surface area (Å²) in [6.45, 7) is 0.699. The fourth-order valence-electron chi connectivity index (χ4n) is 0.915. The Morgan fingerprint density at radius 1 is 1.64 bits per heavy atom. The van der Waals surface area contributed by atoms with Gasteiger partial charge in [-0.3, -0.25) is 0 Å². The Kier molecular flexibility index (Phi) is 3.60. The predicted octanol–water partition coefficient (Wildman–Crippen LogP) is 2.80. The maximum atomic E-state index is 5.01. The van der Waals surface area contributed by atoms with Crippen LogP contribution in [0.4, 0.5) is 0 Å². The van der Waals surface area contributed by atoms with Crippen LogP contribution < -0.4 is 0 Å². The van der Waals surface area contributed by atoms with Gasteiger partial charge >= 0.3 is 0 Å². The molecule has 1 rings (SSSR count). The lowest BCUT2D eigenvalue weighted by Gasteiger charge is -1.97. The summed E-state index contributed by atoms with van der Waals surface area (Å²) in [5.41, 5.74) is 1.23. The maximum absolute atomic E-state index is 5.01. The van der Waals surface area contributed by atoms with E-state index in [4.69, 9.17) is 4.74 Å². The van der Waals surface area contributed by atoms with Gasteiger partial charge in [-0.05, 0) is 16.5 Å². The molecular weight excluding hydrogens is 204 g/mol. The molecule has 0 aromatic rings. The normalized spacial score (nSPS) is 17.3. The third-order valence-corrected chi connectivity index (χ3v) is 2.05. The van der Waals surface area contributed by atoms with Crippen LogP contribution in [-0.2, 0) is 4.74 Å². The molecule has 0 unspecified atom stereocenters. The monoisotopic (exact) mass is 214 g/mol. The summed E-state index contributed by atoms with van der Waals surface area (Å²) in [6.07, 6.45) is 9.28. The molecule has 2 heteroatoms. The summed E-state index contributed by atoms with van der Waals surface area (Å²) >= 11 is 3.44. The molecule has 1 aliphatic carbocycles. The number of allylic oxidation sites excluding steroid dienone is 4. The number of hydrogen-bond acceptors (Lipinski definition) is 1. The van der Waals surface area contributed by atoms with Gasteiger partial charge in [0, 0.05) is 7.11 Å². The fourth-order valence-corrected chi connectivity index (χ4v) is 1.23. The van der Waals surface area contributed by atoms with E-state index < -0.39 is 0 Å². The van der Waals surface area contributed by atoms with E-state index in [0.717, 1.165) is 6.42 Å². The van der Waals surface area contributed by atoms with Crippen molar-refractivity contribution in [2.24, 2.45) is 0 Å². The van der Waals surface area contributed by atoms with E-state index in [1.165, 1.54) is 10.1 Å². The third kappa shape index (κ3) is 3.04. The summed E-state index contributed by atoms with van der Waals surface area (Å²) in [7, 11) is 1.71. The van der Waals surface area contributed by atoms with Crippen LogP contribution in [0.25, 0.3) is 0 Å². The van der Waals surface area contributed by atoms with Gasteiger partial charge < -0.3 is 4.74 Å². The van der Waals surface area contributed by atoms with E-state index in [1.54, 1.807) is 7.11 Å². The van der Waals surface area contributed by atoms with Gasteiger partial charge in [-0.1, -0.05) is 40.2 Å². The van der Waals surface area contributed by atoms with E-state index in [-0.39, 0.29) is 0 Å². The zero-order valence-corrected chi connectivity index (χ0v) is 8.10. The highest BCUT2D eigenvalue weighted by Crippen LogP contribution is 2.16. The first-order valence-corrected chi connectivity index (χ1v) is 4.33. The van der Waals surface area contributed by atoms with E-state index in [2.05, 4.69) is 34.2 Å². The maximum Gasteiger partial charge on any atom is 0.0710 e. The highest BCUT2D eigenvalue weighted by atomic mass is 79.9. The summed E-state index contributed by atoms with van der Waals surface area (Å²) in [6, 6.07) is 0. The first-order valence-electron chi connectivity index (χ1n) is 3.53. The van der Waals surface area contributed by atoms with Crippen LogP contribution in [0.1, 0.15) is 6.42 Å². The minimum Gasteiger partial charge on any atom is -0.380 e. The quantitative estimate of drug-likeness (QED) is 0.688. The van der Waals surface area contributed by atoms with E-state index in [1.807, 2.05) is 6.08 Å². The molecule has 0 amide bonds. The Balaban J connectivity index is 2.58. The molecule has 0 heterocycles. The van der Waals surface area contributed by atoms with Gasteiger partial charge in [0.25, 0.3) is 0 Å². The molecule has 0 saturated carbocycles. The van der Waals surface area contributed by atoms with Crippen molar-refractivity contribution in [2.75, 3.05) is 13.7 Å². The summed E-state index contributed by atoms with van der Waals surface area (Å²) in [4.78, 5) is 0. The van der Waals surface area contributed by atoms with Crippen molar-refractivity contribution >= 4 is 15.9 Å². The molecule has 0 radical (unpaired) electrons. The fraction of sp³-hybridized carbons (Fsp3) is 0.333. The lowest BCUT2D eigenvalue weighted by Crippen LogP contribution is -1.90. The smallest absolute Gasteiger partial charge is 0.0710 e. The van der Waals surface area contributed by atoms with Gasteiger partial charge in [0.1, 0.15) is 0 Å². The van der Waals surface area contributed by atoms with Crippen molar-refractivity contribution in [1.82, 2.24) is 0 Å². The molecule has 0 aromatic carbocycles. The van der Waals surface area contributed by atoms with Crippen molar-refractivity contribution in [3.8, 4) is 0 Å². The van der Waals surface area contributed by atoms with Crippen LogP contribution in [-0.4, -0.2) is 13.7 Å². The Morgan fingerprint density at radius 2 is 2.45 bits per heavy atom. The van der Waals surface area contributed by atoms with Crippen LogP contribution in [0.2, 0.25) is 0 Å². The second-order valence-electron chi connectivity index (χ2n) is 2.39. The minimum atomic E-state index is 0.699. The molecule has 1 nitrogen and oxygen atoms in total. The van der Waals surface area contributed by atoms with Crippen LogP contribution in [0.3, 0.4) is 0 Å². The molecule has 0 N–H and O–H groups in total.